The molecule has 0 amide bonds. The van der Waals surface area contributed by atoms with Crippen molar-refractivity contribution in [3.63, 3.8) is 0 Å². The quantitative estimate of drug-likeness (QED) is 0.110. The molecule has 0 heterocycles. The van der Waals surface area contributed by atoms with Crippen molar-refractivity contribution in [2.24, 2.45) is 138 Å². The minimum Gasteiger partial charge on any atom is -0.358 e. The Morgan fingerprint density at radius 1 is 0.231 bits per heavy atom. The van der Waals surface area contributed by atoms with E-state index in [2.05, 4.69) is 370 Å². The first-order valence-corrected chi connectivity index (χ1v) is 56.5. The third-order valence-corrected chi connectivity index (χ3v) is 56.5. The Morgan fingerprint density at radius 2 is 0.463 bits per heavy atom. The summed E-state index contributed by atoms with van der Waals surface area (Å²) >= 11 is 0. The summed E-state index contributed by atoms with van der Waals surface area (Å²) in [6.07, 6.45) is 63.7. The van der Waals surface area contributed by atoms with E-state index in [1.54, 1.807) is 65.3 Å². The van der Waals surface area contributed by atoms with Crippen LogP contribution in [0, 0.1) is 227 Å². The fraction of sp³-hybridized carbons (Fsp3) is 0.531. The average Bonchev–Trinajstić information content (AvgIpc) is 1.51. The Labute approximate surface area is 891 Å². The van der Waals surface area contributed by atoms with Gasteiger partial charge in [0.15, 0.2) is 0 Å². The second-order valence-electron chi connectivity index (χ2n) is 49.0. The minimum atomic E-state index is -2.45. The Kier molecular flexibility index (Phi) is 42.9. The van der Waals surface area contributed by atoms with Crippen LogP contribution >= 0.6 is 0 Å². The maximum atomic E-state index is 2.92. The molecule has 0 N–H and O–H groups in total. The van der Waals surface area contributed by atoms with Gasteiger partial charge in [-0.1, -0.05) is 404 Å². The van der Waals surface area contributed by atoms with Gasteiger partial charge in [0.2, 0.25) is 0 Å². The number of allylic oxidation sites excluding steroid dienone is 24. The molecule has 22 atom stereocenters. The molecular formula is C128H192Hf2Si3Zr. The topological polar surface area (TPSA) is 0 Å². The van der Waals surface area contributed by atoms with Gasteiger partial charge >= 0.3 is 77.9 Å². The van der Waals surface area contributed by atoms with Crippen LogP contribution in [0.5, 0.6) is 0 Å². The average molecular weight is 2260 g/mol. The molecule has 4 aromatic rings. The van der Waals surface area contributed by atoms with Crippen LogP contribution < -0.4 is 20.7 Å². The molecule has 728 valence electrons. The number of fused-ring (bicyclic) bond motifs is 10. The summed E-state index contributed by atoms with van der Waals surface area (Å²) in [5.74, 6) is 11.4. The molecule has 0 aromatic heterocycles. The molecule has 134 heavy (non-hydrogen) atoms. The maximum absolute atomic E-state index is 2.92. The van der Waals surface area contributed by atoms with E-state index in [0.717, 1.165) is 40.7 Å². The molecule has 20 rings (SSSR count). The van der Waals surface area contributed by atoms with E-state index < -0.39 is 24.2 Å². The van der Waals surface area contributed by atoms with Gasteiger partial charge in [0.05, 0.1) is 8.07 Å². The van der Waals surface area contributed by atoms with Crippen LogP contribution in [-0.2, 0) is 77.9 Å². The van der Waals surface area contributed by atoms with E-state index >= 15 is 0 Å². The molecule has 0 saturated heterocycles. The van der Waals surface area contributed by atoms with Crippen molar-refractivity contribution in [1.82, 2.24) is 0 Å². The predicted molar refractivity (Wildman–Crippen MR) is 597 cm³/mol. The smallest absolute Gasteiger partial charge is 0.358 e. The first-order chi connectivity index (χ1) is 56.3. The zero-order valence-corrected chi connectivity index (χ0v) is 104. The summed E-state index contributed by atoms with van der Waals surface area (Å²) in [7, 11) is -6.12. The molecule has 0 aliphatic heterocycles. The van der Waals surface area contributed by atoms with Crippen LogP contribution in [0.2, 0.25) is 46.3 Å². The summed E-state index contributed by atoms with van der Waals surface area (Å²) < 4.78 is 0. The Morgan fingerprint density at radius 3 is 0.784 bits per heavy atom. The first-order valence-electron chi connectivity index (χ1n) is 49.1. The van der Waals surface area contributed by atoms with E-state index in [4.69, 9.17) is 0 Å². The predicted octanol–water partition coefficient (Wildman–Crippen LogP) is 35.1. The van der Waals surface area contributed by atoms with Gasteiger partial charge < -0.3 is 89.1 Å². The Balaban J connectivity index is 0.000000517. The van der Waals surface area contributed by atoms with Gasteiger partial charge in [-0.15, -0.1) is 0 Å². The fourth-order valence-electron chi connectivity index (χ4n) is 32.1. The molecule has 0 nitrogen and oxygen atoms in total. The number of hydrogen-bond acceptors (Lipinski definition) is 0. The Bertz CT molecular complexity index is 4730. The third kappa shape index (κ3) is 21.0. The maximum Gasteiger partial charge on any atom is 4.00 e. The van der Waals surface area contributed by atoms with E-state index in [1.807, 2.05) is 0 Å². The summed E-state index contributed by atoms with van der Waals surface area (Å²) in [4.78, 5) is 0. The number of hydrogen-bond donors (Lipinski definition) is 0. The van der Waals surface area contributed by atoms with Crippen LogP contribution in [0.15, 0.2) is 263 Å². The van der Waals surface area contributed by atoms with Crippen molar-refractivity contribution in [3.8, 4) is 0 Å². The SMILES string of the molecule is CC1CC2C=C3C(=CC2C1[Si](c1ccccc1)(c1ccccc1)C1C(C)CC2C=C4C(=CC21)C(C)(C)CCC4(C)C)C(C)(C)CCC3(C)C.CC1CC2C=C3C(=CC2C1[Si](c1ccccc1)(c1ccccc1)C1CCC2C=C4C(=CC21)C(C)(C)CCC4(C)C)C(C)(C)CCC3(C)C.CC1CC2C=CC=CC2C1[Si](C)(C)C1CCC2C=CC=CC21.[CH3-].[CH3-].[CH3-].[CH3-].[CH3-].[CH3-].[CH3-].[CH3-].[CH3-].[CH3-].[CH3-].[CH3-].[Hf+4].[Hf+4].[Zr+4]. The summed E-state index contributed by atoms with van der Waals surface area (Å²) in [5.41, 5.74) is 20.3. The zero-order chi connectivity index (χ0) is 83.9. The zero-order valence-electron chi connectivity index (χ0n) is 91.8. The fourth-order valence-corrected chi connectivity index (χ4v) is 53.0. The molecule has 6 heteroatoms. The monoisotopic (exact) mass is 2260 g/mol. The summed E-state index contributed by atoms with van der Waals surface area (Å²) in [5, 5.41) is 6.80. The number of benzene rings is 4. The van der Waals surface area contributed by atoms with E-state index in [1.165, 1.54) is 103 Å². The minimum absolute atomic E-state index is 0. The summed E-state index contributed by atoms with van der Waals surface area (Å²) in [6, 6.07) is 48.8. The van der Waals surface area contributed by atoms with Gasteiger partial charge in [-0.05, 0) is 306 Å². The van der Waals surface area contributed by atoms with Gasteiger partial charge in [0, 0.05) is 0 Å². The normalized spacial score (nSPS) is 33.7. The summed E-state index contributed by atoms with van der Waals surface area (Å²) in [6.45, 7) is 56.6. The Hall–Kier alpha value is -2.97. The van der Waals surface area contributed by atoms with Crippen molar-refractivity contribution in [2.75, 3.05) is 0 Å². The molecule has 10 fully saturated rings. The van der Waals surface area contributed by atoms with Crippen molar-refractivity contribution in [3.05, 3.63) is 352 Å². The van der Waals surface area contributed by atoms with E-state index in [0.29, 0.717) is 87.3 Å². The molecule has 4 aromatic carbocycles. The molecule has 16 aliphatic rings. The van der Waals surface area contributed by atoms with Crippen LogP contribution in [0.25, 0.3) is 0 Å². The third-order valence-electron chi connectivity index (χ3n) is 38.2. The molecule has 0 bridgehead atoms. The largest absolute Gasteiger partial charge is 4.00 e. The molecule has 22 unspecified atom stereocenters. The standard InChI is InChI=1S/C48H64Si.C47H62Si.C21H30Si.12CH3.2Hf.Zr/c1-31-25-33-27-39-41(47(7,8)23-21-45(39,3)4)29-37(33)43(31)49(35-17-13-11-14-18-35,36-19-15-12-16-20-36)44-32(2)26-34-28-40-42(30-38(34)44)48(9,10)24-22-46(40,5)6;1-31-26-33-28-39-41(47(8,9)25-23-45(39,4)5)30-37(33)43(31)48(34-16-12-10-13-17-34,35-18-14-11-15-19-35)42-21-20-32-27-38-40(29-36(32)42)46(6,7)24-22-44(38,2)3;1-15-14-17-9-5-7-11-19(17)21(15)22(2,3)20-13-12-16-8-4-6-10-18(16)20;;;;;;;;;;;;;;;/h11-20,27-34,37-38,43-44H,21-26H2,1-10H3;10-19,27-33,36-37,42-43H,20-26H2,1-9H3;4-11,15-21H,12-14H2,1-3H3;12*1H3;;;/q;;;12*-1;3*+4. The first kappa shape index (κ1) is 125. The van der Waals surface area contributed by atoms with Crippen LogP contribution in [0.3, 0.4) is 0 Å². The number of rotatable bonds is 10. The van der Waals surface area contributed by atoms with Gasteiger partial charge in [-0.3, -0.25) is 0 Å². The van der Waals surface area contributed by atoms with Crippen LogP contribution in [0.4, 0.5) is 0 Å². The van der Waals surface area contributed by atoms with Gasteiger partial charge in [-0.25, -0.2) is 0 Å². The second kappa shape index (κ2) is 46.0. The molecule has 0 spiro atoms. The van der Waals surface area contributed by atoms with Crippen molar-refractivity contribution < 1.29 is 77.9 Å². The van der Waals surface area contributed by atoms with Crippen LogP contribution in [-0.4, -0.2) is 24.2 Å². The molecule has 10 saturated carbocycles. The van der Waals surface area contributed by atoms with Crippen molar-refractivity contribution in [1.29, 1.82) is 0 Å². The molecule has 0 radical (unpaired) electrons. The molecule has 16 aliphatic carbocycles. The van der Waals surface area contributed by atoms with Gasteiger partial charge in [-0.2, -0.15) is 0 Å². The van der Waals surface area contributed by atoms with Gasteiger partial charge in [0.1, 0.15) is 16.1 Å². The van der Waals surface area contributed by atoms with E-state index in [-0.39, 0.29) is 210 Å². The van der Waals surface area contributed by atoms with Gasteiger partial charge in [0.25, 0.3) is 0 Å². The van der Waals surface area contributed by atoms with Crippen molar-refractivity contribution >= 4 is 45.0 Å². The second-order valence-corrected chi connectivity index (χ2v) is 62.6. The molecular weight excluding hydrogens is 2070 g/mol. The van der Waals surface area contributed by atoms with Crippen LogP contribution in [0.1, 0.15) is 241 Å². The van der Waals surface area contributed by atoms with E-state index in [9.17, 15) is 0 Å². The van der Waals surface area contributed by atoms with Crippen molar-refractivity contribution in [2.45, 2.75) is 288 Å².